The molecule has 0 unspecified atom stereocenters. The van der Waals surface area contributed by atoms with Gasteiger partial charge in [0.2, 0.25) is 0 Å². The van der Waals surface area contributed by atoms with Gasteiger partial charge < -0.3 is 4.57 Å². The highest BCUT2D eigenvalue weighted by Gasteiger charge is 2.36. The van der Waals surface area contributed by atoms with Crippen molar-refractivity contribution in [2.75, 3.05) is 4.90 Å². The molecule has 7 heteroatoms. The lowest BCUT2D eigenvalue weighted by molar-refractivity contribution is -0.113. The van der Waals surface area contributed by atoms with Crippen molar-refractivity contribution in [3.05, 3.63) is 86.5 Å². The maximum Gasteiger partial charge on any atom is 0.298 e. The van der Waals surface area contributed by atoms with Crippen LogP contribution in [0, 0.1) is 13.8 Å². The van der Waals surface area contributed by atoms with Crippen molar-refractivity contribution in [3.63, 3.8) is 0 Å². The molecule has 0 atom stereocenters. The maximum atomic E-state index is 12.9. The average Bonchev–Trinajstić information content (AvgIpc) is 3.12. The molecule has 0 saturated carbocycles. The van der Waals surface area contributed by atoms with Gasteiger partial charge in [0.15, 0.2) is 0 Å². The first-order valence-corrected chi connectivity index (χ1v) is 10.4. The number of hydrogen-bond donors (Lipinski definition) is 0. The number of halogens is 2. The average molecular weight is 443 g/mol. The quantitative estimate of drug-likeness (QED) is 0.426. The number of aromatic nitrogens is 1. The van der Waals surface area contributed by atoms with Crippen molar-refractivity contribution >= 4 is 57.9 Å². The van der Waals surface area contributed by atoms with Gasteiger partial charge in [-0.05, 0) is 91.8 Å². The van der Waals surface area contributed by atoms with Gasteiger partial charge in [-0.3, -0.25) is 9.59 Å². The molecule has 0 aliphatic carbocycles. The number of rotatable bonds is 3. The van der Waals surface area contributed by atoms with Gasteiger partial charge in [0.1, 0.15) is 0 Å². The Bertz CT molecular complexity index is 1150. The third-order valence-electron chi connectivity index (χ3n) is 4.72. The molecule has 146 valence electrons. The topological polar surface area (TPSA) is 42.3 Å². The van der Waals surface area contributed by atoms with Crippen LogP contribution in [0.2, 0.25) is 10.0 Å². The summed E-state index contributed by atoms with van der Waals surface area (Å²) < 4.78 is 2.09. The zero-order chi connectivity index (χ0) is 20.7. The zero-order valence-electron chi connectivity index (χ0n) is 15.6. The fourth-order valence-electron chi connectivity index (χ4n) is 3.34. The Kier molecular flexibility index (Phi) is 5.30. The van der Waals surface area contributed by atoms with Crippen molar-refractivity contribution in [2.45, 2.75) is 13.8 Å². The SMILES string of the molecule is Cc1cc(/C=C2\SC(=O)N(c3ccc(Cl)cc3)C2=O)c(C)n1-c1ccc(Cl)cc1. The highest BCUT2D eigenvalue weighted by molar-refractivity contribution is 8.19. The molecule has 1 aromatic heterocycles. The van der Waals surface area contributed by atoms with Crippen molar-refractivity contribution in [2.24, 2.45) is 0 Å². The van der Waals surface area contributed by atoms with Crippen LogP contribution in [0.25, 0.3) is 11.8 Å². The lowest BCUT2D eigenvalue weighted by Gasteiger charge is -2.12. The van der Waals surface area contributed by atoms with E-state index in [9.17, 15) is 9.59 Å². The van der Waals surface area contributed by atoms with E-state index in [0.29, 0.717) is 20.6 Å². The van der Waals surface area contributed by atoms with E-state index < -0.39 is 0 Å². The number of carbonyl (C=O) groups excluding carboxylic acids is 2. The van der Waals surface area contributed by atoms with Gasteiger partial charge in [0.25, 0.3) is 11.1 Å². The van der Waals surface area contributed by atoms with Crippen LogP contribution < -0.4 is 4.90 Å². The number of anilines is 1. The van der Waals surface area contributed by atoms with Gasteiger partial charge in [-0.1, -0.05) is 23.2 Å². The van der Waals surface area contributed by atoms with Crippen LogP contribution in [-0.2, 0) is 4.79 Å². The van der Waals surface area contributed by atoms with E-state index >= 15 is 0 Å². The molecule has 0 N–H and O–H groups in total. The molecule has 2 aromatic carbocycles. The number of benzene rings is 2. The van der Waals surface area contributed by atoms with Gasteiger partial charge in [0.05, 0.1) is 10.6 Å². The van der Waals surface area contributed by atoms with Crippen LogP contribution >= 0.6 is 35.0 Å². The molecule has 2 amide bonds. The lowest BCUT2D eigenvalue weighted by atomic mass is 10.2. The number of thioether (sulfide) groups is 1. The molecule has 0 spiro atoms. The van der Waals surface area contributed by atoms with Crippen molar-refractivity contribution in [1.29, 1.82) is 0 Å². The second-order valence-corrected chi connectivity index (χ2v) is 8.50. The van der Waals surface area contributed by atoms with Crippen LogP contribution in [0.5, 0.6) is 0 Å². The summed E-state index contributed by atoms with van der Waals surface area (Å²) in [4.78, 5) is 26.9. The van der Waals surface area contributed by atoms with Crippen molar-refractivity contribution < 1.29 is 9.59 Å². The zero-order valence-corrected chi connectivity index (χ0v) is 18.0. The molecule has 4 rings (SSSR count). The molecule has 2 heterocycles. The Morgan fingerprint density at radius 2 is 1.41 bits per heavy atom. The summed E-state index contributed by atoms with van der Waals surface area (Å²) in [6.07, 6.45) is 1.77. The molecule has 1 aliphatic rings. The van der Waals surface area contributed by atoms with E-state index in [2.05, 4.69) is 4.57 Å². The van der Waals surface area contributed by atoms with E-state index in [1.165, 1.54) is 4.90 Å². The highest BCUT2D eigenvalue weighted by Crippen LogP contribution is 2.37. The summed E-state index contributed by atoms with van der Waals surface area (Å²) in [7, 11) is 0. The van der Waals surface area contributed by atoms with Crippen LogP contribution in [0.3, 0.4) is 0 Å². The maximum absolute atomic E-state index is 12.9. The van der Waals surface area contributed by atoms with Gasteiger partial charge in [-0.2, -0.15) is 0 Å². The van der Waals surface area contributed by atoms with Crippen LogP contribution in [-0.4, -0.2) is 15.7 Å². The third-order valence-corrected chi connectivity index (χ3v) is 6.09. The highest BCUT2D eigenvalue weighted by atomic mass is 35.5. The van der Waals surface area contributed by atoms with E-state index in [1.54, 1.807) is 30.3 Å². The van der Waals surface area contributed by atoms with Gasteiger partial charge in [0, 0.05) is 27.1 Å². The van der Waals surface area contributed by atoms with Crippen LogP contribution in [0.15, 0.2) is 59.5 Å². The second-order valence-electron chi connectivity index (χ2n) is 6.63. The predicted octanol–water partition coefficient (Wildman–Crippen LogP) is 6.64. The van der Waals surface area contributed by atoms with E-state index in [-0.39, 0.29) is 11.1 Å². The number of hydrogen-bond acceptors (Lipinski definition) is 3. The monoisotopic (exact) mass is 442 g/mol. The number of carbonyl (C=O) groups is 2. The summed E-state index contributed by atoms with van der Waals surface area (Å²) in [6, 6.07) is 16.2. The molecule has 0 radical (unpaired) electrons. The Balaban J connectivity index is 1.69. The van der Waals surface area contributed by atoms with Crippen LogP contribution in [0.4, 0.5) is 10.5 Å². The number of aryl methyl sites for hydroxylation is 1. The Morgan fingerprint density at radius 3 is 2.00 bits per heavy atom. The minimum Gasteiger partial charge on any atom is -0.318 e. The molecule has 0 bridgehead atoms. The van der Waals surface area contributed by atoms with Gasteiger partial charge >= 0.3 is 0 Å². The summed E-state index contributed by atoms with van der Waals surface area (Å²) in [5.74, 6) is -0.335. The predicted molar refractivity (Wildman–Crippen MR) is 120 cm³/mol. The standard InChI is InChI=1S/C22H16Cl2N2O2S/c1-13-11-15(14(2)25(13)18-7-3-16(23)4-8-18)12-20-21(27)26(22(28)29-20)19-9-5-17(24)6-10-19/h3-12H,1-2H3/b20-12-. The molecule has 1 aliphatic heterocycles. The lowest BCUT2D eigenvalue weighted by Crippen LogP contribution is -2.27. The number of amides is 2. The molecular weight excluding hydrogens is 427 g/mol. The fraction of sp³-hybridized carbons (Fsp3) is 0.0909. The normalized spacial score (nSPS) is 15.6. The molecule has 1 fully saturated rings. The third kappa shape index (κ3) is 3.73. The largest absolute Gasteiger partial charge is 0.318 e. The van der Waals surface area contributed by atoms with E-state index in [1.807, 2.05) is 44.2 Å². The summed E-state index contributed by atoms with van der Waals surface area (Å²) in [5.41, 5.74) is 4.38. The van der Waals surface area contributed by atoms with Gasteiger partial charge in [-0.25, -0.2) is 4.90 Å². The molecule has 4 nitrogen and oxygen atoms in total. The van der Waals surface area contributed by atoms with E-state index in [4.69, 9.17) is 23.2 Å². The van der Waals surface area contributed by atoms with E-state index in [0.717, 1.165) is 34.4 Å². The Morgan fingerprint density at radius 1 is 0.862 bits per heavy atom. The van der Waals surface area contributed by atoms with Crippen LogP contribution in [0.1, 0.15) is 17.0 Å². The smallest absolute Gasteiger partial charge is 0.298 e. The van der Waals surface area contributed by atoms with Crippen molar-refractivity contribution in [1.82, 2.24) is 4.57 Å². The fourth-order valence-corrected chi connectivity index (χ4v) is 4.43. The number of nitrogens with zero attached hydrogens (tertiary/aromatic N) is 2. The first-order chi connectivity index (χ1) is 13.8. The second kappa shape index (κ2) is 7.75. The summed E-state index contributed by atoms with van der Waals surface area (Å²) >= 11 is 12.8. The first-order valence-electron chi connectivity index (χ1n) is 8.83. The van der Waals surface area contributed by atoms with Crippen molar-refractivity contribution in [3.8, 4) is 5.69 Å². The molecule has 3 aromatic rings. The number of imide groups is 1. The Hall–Kier alpha value is -2.47. The Labute approximate surface area is 182 Å². The molecule has 1 saturated heterocycles. The first kappa shape index (κ1) is 19.8. The summed E-state index contributed by atoms with van der Waals surface area (Å²) in [6.45, 7) is 3.98. The minimum atomic E-state index is -0.335. The molecule has 29 heavy (non-hydrogen) atoms. The minimum absolute atomic E-state index is 0.324. The molecular formula is C22H16Cl2N2O2S. The summed E-state index contributed by atoms with van der Waals surface area (Å²) in [5, 5.41) is 0.897. The van der Waals surface area contributed by atoms with Gasteiger partial charge in [-0.15, -0.1) is 0 Å².